The molecule has 1 aliphatic heterocycles. The van der Waals surface area contributed by atoms with Crippen LogP contribution in [-0.2, 0) is 23.3 Å². The highest BCUT2D eigenvalue weighted by Crippen LogP contribution is 2.40. The van der Waals surface area contributed by atoms with Crippen LogP contribution in [0.5, 0.6) is 0 Å². The van der Waals surface area contributed by atoms with Crippen LogP contribution < -0.4 is 5.32 Å². The summed E-state index contributed by atoms with van der Waals surface area (Å²) in [7, 11) is 0. The Hall–Kier alpha value is -2.14. The second kappa shape index (κ2) is 7.23. The Morgan fingerprint density at radius 3 is 2.73 bits per heavy atom. The molecule has 2 N–H and O–H groups in total. The first-order valence-corrected chi connectivity index (χ1v) is 9.85. The van der Waals surface area contributed by atoms with Gasteiger partial charge < -0.3 is 9.88 Å². The minimum atomic E-state index is -0.176. The Kier molecular flexibility index (Phi) is 4.81. The van der Waals surface area contributed by atoms with Crippen LogP contribution in [0.2, 0.25) is 0 Å². The van der Waals surface area contributed by atoms with E-state index in [-0.39, 0.29) is 17.5 Å². The van der Waals surface area contributed by atoms with Gasteiger partial charge in [0.15, 0.2) is 0 Å². The molecular weight excluding hydrogens is 324 g/mol. The minimum Gasteiger partial charge on any atom is -0.348 e. The van der Waals surface area contributed by atoms with E-state index < -0.39 is 0 Å². The largest absolute Gasteiger partial charge is 0.348 e. The van der Waals surface area contributed by atoms with Crippen LogP contribution in [0, 0.1) is 0 Å². The first-order chi connectivity index (χ1) is 12.7. The van der Waals surface area contributed by atoms with Gasteiger partial charge in [-0.3, -0.25) is 10.1 Å². The molecule has 4 rings (SSSR count). The van der Waals surface area contributed by atoms with Crippen LogP contribution in [-0.4, -0.2) is 33.4 Å². The van der Waals surface area contributed by atoms with Crippen molar-refractivity contribution in [2.45, 2.75) is 63.6 Å². The molecule has 2 heterocycles. The molecule has 1 atom stereocenters. The fourth-order valence-corrected chi connectivity index (χ4v) is 4.60. The lowest BCUT2D eigenvalue weighted by Gasteiger charge is -2.44. The molecule has 5 nitrogen and oxygen atoms in total. The topological polar surface area (TPSA) is 61.0 Å². The monoisotopic (exact) mass is 352 g/mol. The van der Waals surface area contributed by atoms with Crippen molar-refractivity contribution < 1.29 is 4.79 Å². The average molecular weight is 352 g/mol. The second-order valence-corrected chi connectivity index (χ2v) is 7.61. The van der Waals surface area contributed by atoms with Crippen molar-refractivity contribution in [1.82, 2.24) is 20.2 Å². The Morgan fingerprint density at radius 1 is 1.23 bits per heavy atom. The van der Waals surface area contributed by atoms with E-state index in [1.807, 2.05) is 23.1 Å². The number of carbonyl (C=O) groups is 1. The van der Waals surface area contributed by atoms with Crippen LogP contribution >= 0.6 is 0 Å². The van der Waals surface area contributed by atoms with Crippen LogP contribution in [0.15, 0.2) is 36.7 Å². The third-order valence-electron chi connectivity index (χ3n) is 5.95. The fourth-order valence-electron chi connectivity index (χ4n) is 4.60. The maximum Gasteiger partial charge on any atom is 0.240 e. The molecule has 0 radical (unpaired) electrons. The number of H-pyrrole nitrogens is 1. The maximum absolute atomic E-state index is 13.3. The Balaban J connectivity index is 1.56. The lowest BCUT2D eigenvalue weighted by atomic mass is 9.75. The van der Waals surface area contributed by atoms with Crippen molar-refractivity contribution in [3.63, 3.8) is 0 Å². The highest BCUT2D eigenvalue weighted by Gasteiger charge is 2.45. The van der Waals surface area contributed by atoms with Gasteiger partial charge in [-0.05, 0) is 25.3 Å². The molecule has 1 fully saturated rings. The number of likely N-dealkylation sites (N-methyl/N-ethyl adjacent to an activating group) is 1. The summed E-state index contributed by atoms with van der Waals surface area (Å²) in [5.74, 6) is 0.196. The molecule has 26 heavy (non-hydrogen) atoms. The van der Waals surface area contributed by atoms with Gasteiger partial charge in [0, 0.05) is 25.2 Å². The predicted octanol–water partition coefficient (Wildman–Crippen LogP) is 3.13. The molecule has 138 valence electrons. The second-order valence-electron chi connectivity index (χ2n) is 7.61. The van der Waals surface area contributed by atoms with Gasteiger partial charge in [0.05, 0.1) is 23.6 Å². The molecule has 1 amide bonds. The summed E-state index contributed by atoms with van der Waals surface area (Å²) in [5.41, 5.74) is 3.33. The van der Waals surface area contributed by atoms with Gasteiger partial charge in [-0.2, -0.15) is 0 Å². The number of benzene rings is 1. The van der Waals surface area contributed by atoms with Gasteiger partial charge in [-0.1, -0.05) is 49.6 Å². The van der Waals surface area contributed by atoms with Gasteiger partial charge in [0.1, 0.15) is 0 Å². The van der Waals surface area contributed by atoms with Crippen molar-refractivity contribution in [3.8, 4) is 0 Å². The smallest absolute Gasteiger partial charge is 0.240 e. The number of aromatic amines is 1. The van der Waals surface area contributed by atoms with Crippen molar-refractivity contribution in [3.05, 3.63) is 53.6 Å². The van der Waals surface area contributed by atoms with E-state index in [2.05, 4.69) is 34.3 Å². The van der Waals surface area contributed by atoms with Crippen molar-refractivity contribution in [1.29, 1.82) is 0 Å². The number of fused-ring (bicyclic) bond motifs is 2. The zero-order valence-corrected chi connectivity index (χ0v) is 15.5. The molecule has 1 saturated carbocycles. The normalized spacial score (nSPS) is 21.3. The Morgan fingerprint density at radius 2 is 2.00 bits per heavy atom. The van der Waals surface area contributed by atoms with E-state index in [1.54, 1.807) is 6.33 Å². The highest BCUT2D eigenvalue weighted by atomic mass is 16.2. The summed E-state index contributed by atoms with van der Waals surface area (Å²) in [4.78, 5) is 23.2. The third kappa shape index (κ3) is 3.16. The maximum atomic E-state index is 13.3. The van der Waals surface area contributed by atoms with E-state index in [0.29, 0.717) is 13.0 Å². The van der Waals surface area contributed by atoms with E-state index in [9.17, 15) is 4.79 Å². The summed E-state index contributed by atoms with van der Waals surface area (Å²) in [5, 5.41) is 3.74. The molecule has 1 aromatic heterocycles. The van der Waals surface area contributed by atoms with Crippen molar-refractivity contribution in [2.24, 2.45) is 0 Å². The summed E-state index contributed by atoms with van der Waals surface area (Å²) in [6, 6.07) is 10.1. The third-order valence-corrected chi connectivity index (χ3v) is 5.95. The molecule has 5 heteroatoms. The zero-order chi connectivity index (χ0) is 18.0. The molecule has 1 aliphatic carbocycles. The number of hydrogen-bond donors (Lipinski definition) is 2. The molecule has 1 spiro atoms. The highest BCUT2D eigenvalue weighted by molar-refractivity contribution is 5.82. The summed E-state index contributed by atoms with van der Waals surface area (Å²) in [6.07, 6.45) is 8.29. The van der Waals surface area contributed by atoms with Crippen LogP contribution in [0.1, 0.15) is 56.0 Å². The van der Waals surface area contributed by atoms with Gasteiger partial charge in [-0.25, -0.2) is 4.98 Å². The van der Waals surface area contributed by atoms with Gasteiger partial charge in [0.2, 0.25) is 5.91 Å². The molecule has 2 aliphatic rings. The Bertz CT molecular complexity index is 748. The van der Waals surface area contributed by atoms with Crippen LogP contribution in [0.25, 0.3) is 0 Å². The average Bonchev–Trinajstić information content (AvgIpc) is 3.17. The molecular formula is C21H28N4O. The van der Waals surface area contributed by atoms with E-state index >= 15 is 0 Å². The quantitative estimate of drug-likeness (QED) is 0.889. The molecule has 1 aromatic carbocycles. The first-order valence-electron chi connectivity index (χ1n) is 9.85. The number of nitrogens with one attached hydrogen (secondary N) is 2. The van der Waals surface area contributed by atoms with E-state index in [0.717, 1.165) is 30.8 Å². The van der Waals surface area contributed by atoms with E-state index in [1.165, 1.54) is 24.8 Å². The first kappa shape index (κ1) is 17.3. The predicted molar refractivity (Wildman–Crippen MR) is 102 cm³/mol. The van der Waals surface area contributed by atoms with Gasteiger partial charge in [-0.15, -0.1) is 0 Å². The van der Waals surface area contributed by atoms with Crippen molar-refractivity contribution in [2.75, 3.05) is 6.54 Å². The lowest BCUT2D eigenvalue weighted by Crippen LogP contribution is -2.59. The molecule has 0 saturated heterocycles. The number of hydrogen-bond acceptors (Lipinski definition) is 3. The number of aromatic nitrogens is 2. The van der Waals surface area contributed by atoms with E-state index in [4.69, 9.17) is 0 Å². The summed E-state index contributed by atoms with van der Waals surface area (Å²) >= 11 is 0. The number of carbonyl (C=O) groups excluding carboxylic acids is 1. The molecule has 2 aromatic rings. The molecule has 0 bridgehead atoms. The number of amides is 1. The Labute approximate surface area is 155 Å². The van der Waals surface area contributed by atoms with Crippen molar-refractivity contribution >= 4 is 5.91 Å². The summed E-state index contributed by atoms with van der Waals surface area (Å²) in [6.45, 7) is 3.44. The summed E-state index contributed by atoms with van der Waals surface area (Å²) < 4.78 is 0. The van der Waals surface area contributed by atoms with Crippen LogP contribution in [0.4, 0.5) is 0 Å². The molecule has 0 unspecified atom stereocenters. The number of nitrogens with zero attached hydrogens (tertiary/aromatic N) is 2. The van der Waals surface area contributed by atoms with Gasteiger partial charge in [0.25, 0.3) is 0 Å². The number of rotatable bonds is 4. The SMILES string of the molecule is CCN(Cc1ccccc1)C(=O)[C@@H]1Cc2[nH]cnc2C2(CCCCC2)N1. The number of imidazole rings is 1. The minimum absolute atomic E-state index is 0.127. The zero-order valence-electron chi connectivity index (χ0n) is 15.5. The lowest BCUT2D eigenvalue weighted by molar-refractivity contribution is -0.135. The van der Waals surface area contributed by atoms with Gasteiger partial charge >= 0.3 is 0 Å². The standard InChI is InChI=1S/C21H28N4O/c1-2-25(14-16-9-5-3-6-10-16)20(26)18-13-17-19(23-15-22-17)21(24-18)11-7-4-8-12-21/h3,5-6,9-10,15,18,24H,2,4,7-8,11-14H2,1H3,(H,22,23)/t18-/m0/s1. The van der Waals surface area contributed by atoms with Crippen LogP contribution in [0.3, 0.4) is 0 Å². The fraction of sp³-hybridized carbons (Fsp3) is 0.524.